The van der Waals surface area contributed by atoms with Crippen molar-refractivity contribution in [1.82, 2.24) is 25.2 Å². The molecule has 0 unspecified atom stereocenters. The number of halogens is 2. The minimum Gasteiger partial charge on any atom is -0.399 e. The fraction of sp³-hybridized carbons (Fsp3) is 0.412. The molecule has 0 bridgehead atoms. The molecule has 0 aliphatic heterocycles. The molecular weight excluding hydrogens is 691 g/mol. The van der Waals surface area contributed by atoms with Crippen molar-refractivity contribution in [2.24, 2.45) is 11.3 Å². The van der Waals surface area contributed by atoms with Crippen LogP contribution in [0, 0.1) is 11.3 Å². The molecule has 0 spiro atoms. The summed E-state index contributed by atoms with van der Waals surface area (Å²) >= 11 is 0. The van der Waals surface area contributed by atoms with E-state index < -0.39 is 57.9 Å². The second-order valence-corrected chi connectivity index (χ2v) is 14.9. The van der Waals surface area contributed by atoms with Gasteiger partial charge in [-0.2, -0.15) is 4.31 Å². The van der Waals surface area contributed by atoms with Crippen LogP contribution < -0.4 is 21.7 Å². The molecule has 0 aliphatic carbocycles. The van der Waals surface area contributed by atoms with Crippen molar-refractivity contribution in [3.05, 3.63) is 90.3 Å². The van der Waals surface area contributed by atoms with Crippen molar-refractivity contribution in [1.29, 1.82) is 0 Å². The van der Waals surface area contributed by atoms with Gasteiger partial charge in [0.25, 0.3) is 5.91 Å². The number of aliphatic hydroxyl groups is 1. The van der Waals surface area contributed by atoms with E-state index in [1.807, 2.05) is 44.2 Å². The highest BCUT2D eigenvalue weighted by molar-refractivity contribution is 7.89. The van der Waals surface area contributed by atoms with Crippen LogP contribution in [-0.4, -0.2) is 78.4 Å². The number of carbonyl (C=O) groups is 3. The molecule has 0 saturated heterocycles. The van der Waals surface area contributed by atoms with Gasteiger partial charge in [0.1, 0.15) is 11.7 Å². The Balaban J connectivity index is 0.00000600. The molecule has 0 fully saturated rings. The standard InChI is InChI=1S/C34H46N6O6S.2ClH/c1-23(2)21-40(47(45,46)26-16-14-25(35)15-17-26)22-29(41)28(19-24-11-7-6-8-12-24)38-33(44)31(34(3,4)5)39-30(42)20-37-32(43)27-13-9-10-18-36-27;;/h6-18,23,28-29,31,41H,19-22,35H2,1-5H3,(H,37,43)(H,38,44)(H,39,42);2*1H/t28-,29+,31+;;/m0../s1. The molecule has 0 radical (unpaired) electrons. The molecule has 49 heavy (non-hydrogen) atoms. The minimum atomic E-state index is -4.02. The summed E-state index contributed by atoms with van der Waals surface area (Å²) in [6.45, 7) is 8.50. The van der Waals surface area contributed by atoms with Gasteiger partial charge in [0.15, 0.2) is 0 Å². The summed E-state index contributed by atoms with van der Waals surface area (Å²) in [5.41, 5.74) is 6.37. The highest BCUT2D eigenvalue weighted by Crippen LogP contribution is 2.22. The Kier molecular flexibility index (Phi) is 17.2. The first kappa shape index (κ1) is 43.3. The summed E-state index contributed by atoms with van der Waals surface area (Å²) in [7, 11) is -4.02. The number of pyridine rings is 1. The summed E-state index contributed by atoms with van der Waals surface area (Å²) in [4.78, 5) is 43.1. The molecule has 2 aromatic carbocycles. The number of hydrogen-bond acceptors (Lipinski definition) is 8. The first-order valence-electron chi connectivity index (χ1n) is 15.4. The molecule has 12 nitrogen and oxygen atoms in total. The van der Waals surface area contributed by atoms with Gasteiger partial charge < -0.3 is 26.8 Å². The van der Waals surface area contributed by atoms with Crippen LogP contribution in [0.5, 0.6) is 0 Å². The third-order valence-corrected chi connectivity index (χ3v) is 9.15. The lowest BCUT2D eigenvalue weighted by atomic mass is 9.85. The summed E-state index contributed by atoms with van der Waals surface area (Å²) in [6.07, 6.45) is 0.330. The molecule has 3 aromatic rings. The normalized spacial score (nSPS) is 13.3. The number of amides is 3. The van der Waals surface area contributed by atoms with Crippen molar-refractivity contribution in [3.63, 3.8) is 0 Å². The number of sulfonamides is 1. The fourth-order valence-corrected chi connectivity index (χ4v) is 6.48. The number of aromatic nitrogens is 1. The van der Waals surface area contributed by atoms with E-state index in [1.54, 1.807) is 32.9 Å². The minimum absolute atomic E-state index is 0. The molecular formula is C34H48Cl2N6O6S. The molecule has 270 valence electrons. The monoisotopic (exact) mass is 738 g/mol. The first-order chi connectivity index (χ1) is 22.1. The molecule has 0 aliphatic rings. The number of carbonyl (C=O) groups excluding carboxylic acids is 3. The second-order valence-electron chi connectivity index (χ2n) is 12.9. The van der Waals surface area contributed by atoms with Gasteiger partial charge in [0.05, 0.1) is 23.6 Å². The van der Waals surface area contributed by atoms with E-state index in [-0.39, 0.29) is 60.8 Å². The molecule has 15 heteroatoms. The van der Waals surface area contributed by atoms with Crippen molar-refractivity contribution < 1.29 is 27.9 Å². The Morgan fingerprint density at radius 3 is 2.06 bits per heavy atom. The van der Waals surface area contributed by atoms with Gasteiger partial charge in [-0.05, 0) is 59.7 Å². The summed E-state index contributed by atoms with van der Waals surface area (Å²) in [6, 6.07) is 17.9. The number of nitrogens with one attached hydrogen (secondary N) is 3. The van der Waals surface area contributed by atoms with Gasteiger partial charge in [-0.15, -0.1) is 24.8 Å². The van der Waals surface area contributed by atoms with Crippen LogP contribution in [-0.2, 0) is 26.0 Å². The van der Waals surface area contributed by atoms with Crippen LogP contribution in [0.15, 0.2) is 83.9 Å². The van der Waals surface area contributed by atoms with Crippen molar-refractivity contribution in [2.75, 3.05) is 25.4 Å². The maximum atomic E-state index is 13.8. The van der Waals surface area contributed by atoms with E-state index in [0.717, 1.165) is 5.56 Å². The van der Waals surface area contributed by atoms with Crippen molar-refractivity contribution >= 4 is 58.2 Å². The Hall–Kier alpha value is -3.75. The van der Waals surface area contributed by atoms with Crippen LogP contribution in [0.1, 0.15) is 50.7 Å². The van der Waals surface area contributed by atoms with Crippen LogP contribution in [0.2, 0.25) is 0 Å². The summed E-state index contributed by atoms with van der Waals surface area (Å²) < 4.78 is 28.6. The third kappa shape index (κ3) is 13.2. The number of rotatable bonds is 15. The highest BCUT2D eigenvalue weighted by Gasteiger charge is 2.36. The summed E-state index contributed by atoms with van der Waals surface area (Å²) in [5, 5.41) is 19.7. The SMILES string of the molecule is CC(C)CN(C[C@@H](O)[C@H](Cc1ccccc1)NC(=O)[C@@H](NC(=O)CNC(=O)c1ccccn1)C(C)(C)C)S(=O)(=O)c1ccc(N)cc1.Cl.Cl. The lowest BCUT2D eigenvalue weighted by molar-refractivity contribution is -0.132. The predicted octanol–water partition coefficient (Wildman–Crippen LogP) is 3.20. The maximum Gasteiger partial charge on any atom is 0.270 e. The van der Waals surface area contributed by atoms with Gasteiger partial charge in [-0.3, -0.25) is 19.4 Å². The molecule has 3 atom stereocenters. The molecule has 3 amide bonds. The van der Waals surface area contributed by atoms with Crippen LogP contribution in [0.4, 0.5) is 5.69 Å². The zero-order valence-corrected chi connectivity index (χ0v) is 30.8. The number of anilines is 1. The van der Waals surface area contributed by atoms with Crippen molar-refractivity contribution in [3.8, 4) is 0 Å². The highest BCUT2D eigenvalue weighted by atomic mass is 35.5. The first-order valence-corrected chi connectivity index (χ1v) is 16.9. The van der Waals surface area contributed by atoms with Gasteiger partial charge >= 0.3 is 0 Å². The smallest absolute Gasteiger partial charge is 0.270 e. The average Bonchev–Trinajstić information content (AvgIpc) is 3.02. The molecule has 1 heterocycles. The molecule has 3 rings (SSSR count). The third-order valence-electron chi connectivity index (χ3n) is 7.31. The molecule has 1 aromatic heterocycles. The Bertz CT molecular complexity index is 1590. The predicted molar refractivity (Wildman–Crippen MR) is 195 cm³/mol. The van der Waals surface area contributed by atoms with E-state index in [9.17, 15) is 27.9 Å². The topological polar surface area (TPSA) is 184 Å². The lowest BCUT2D eigenvalue weighted by Gasteiger charge is -2.34. The van der Waals surface area contributed by atoms with Crippen molar-refractivity contribution in [2.45, 2.75) is 64.1 Å². The van der Waals surface area contributed by atoms with Crippen LogP contribution in [0.3, 0.4) is 0 Å². The molecule has 0 saturated carbocycles. The Morgan fingerprint density at radius 1 is 0.898 bits per heavy atom. The number of nitrogen functional groups attached to an aromatic ring is 1. The maximum absolute atomic E-state index is 13.8. The van der Waals surface area contributed by atoms with Gasteiger partial charge in [0, 0.05) is 25.0 Å². The van der Waals surface area contributed by atoms with Gasteiger partial charge in [-0.25, -0.2) is 8.42 Å². The number of benzene rings is 2. The Morgan fingerprint density at radius 2 is 1.51 bits per heavy atom. The number of nitrogens with zero attached hydrogens (tertiary/aromatic N) is 2. The second kappa shape index (κ2) is 19.4. The van der Waals surface area contributed by atoms with E-state index >= 15 is 0 Å². The summed E-state index contributed by atoms with van der Waals surface area (Å²) in [5.74, 6) is -1.77. The van der Waals surface area contributed by atoms with Crippen LogP contribution >= 0.6 is 24.8 Å². The number of hydrogen-bond donors (Lipinski definition) is 5. The largest absolute Gasteiger partial charge is 0.399 e. The van der Waals surface area contributed by atoms with Gasteiger partial charge in [-0.1, -0.05) is 71.0 Å². The van der Waals surface area contributed by atoms with E-state index in [1.165, 1.54) is 40.8 Å². The Labute approximate surface area is 301 Å². The van der Waals surface area contributed by atoms with Gasteiger partial charge in [0.2, 0.25) is 21.8 Å². The fourth-order valence-electron chi connectivity index (χ4n) is 4.86. The van der Waals surface area contributed by atoms with E-state index in [4.69, 9.17) is 5.73 Å². The van der Waals surface area contributed by atoms with Crippen LogP contribution in [0.25, 0.3) is 0 Å². The quantitative estimate of drug-likeness (QED) is 0.147. The lowest BCUT2D eigenvalue weighted by Crippen LogP contribution is -2.59. The zero-order chi connectivity index (χ0) is 34.8. The average molecular weight is 740 g/mol. The van der Waals surface area contributed by atoms with E-state index in [2.05, 4.69) is 20.9 Å². The van der Waals surface area contributed by atoms with E-state index in [0.29, 0.717) is 5.69 Å². The zero-order valence-electron chi connectivity index (χ0n) is 28.3. The number of aliphatic hydroxyl groups excluding tert-OH is 1. The number of nitrogens with two attached hydrogens (primary N) is 1. The molecule has 6 N–H and O–H groups in total.